The van der Waals surface area contributed by atoms with Gasteiger partial charge in [0.25, 0.3) is 10.1 Å². The molecule has 0 aliphatic carbocycles. The first-order valence-corrected chi connectivity index (χ1v) is 6.22. The third kappa shape index (κ3) is 3.84. The third-order valence-electron chi connectivity index (χ3n) is 1.23. The lowest BCUT2D eigenvalue weighted by molar-refractivity contribution is 0.473. The fourth-order valence-corrected chi connectivity index (χ4v) is 2.53. The molecular weight excluding hydrogens is 204 g/mol. The lowest BCUT2D eigenvalue weighted by Crippen LogP contribution is -2.25. The zero-order chi connectivity index (χ0) is 9.99. The standard InChI is InChI=1S/C5H10O5S2/c1-3-11(6,7)4-5(2)12(8,9)10/h3,5H,1,4H2,2H3,(H,8,9,10). The van der Waals surface area contributed by atoms with E-state index in [4.69, 9.17) is 4.55 Å². The second-order valence-corrected chi connectivity index (χ2v) is 6.15. The van der Waals surface area contributed by atoms with Crippen LogP contribution in [0, 0.1) is 0 Å². The summed E-state index contributed by atoms with van der Waals surface area (Å²) in [5, 5.41) is -0.658. The van der Waals surface area contributed by atoms with E-state index in [0.29, 0.717) is 5.41 Å². The van der Waals surface area contributed by atoms with Gasteiger partial charge in [-0.15, -0.1) is 0 Å². The van der Waals surface area contributed by atoms with Crippen LogP contribution in [0.2, 0.25) is 0 Å². The van der Waals surface area contributed by atoms with E-state index in [0.717, 1.165) is 6.92 Å². The molecule has 5 nitrogen and oxygen atoms in total. The average molecular weight is 214 g/mol. The molecule has 72 valence electrons. The van der Waals surface area contributed by atoms with E-state index in [2.05, 4.69) is 6.58 Å². The molecule has 0 aromatic rings. The Hall–Kier alpha value is -0.400. The van der Waals surface area contributed by atoms with Gasteiger partial charge in [0.2, 0.25) is 0 Å². The Labute approximate surface area is 71.8 Å². The lowest BCUT2D eigenvalue weighted by Gasteiger charge is -2.05. The van der Waals surface area contributed by atoms with Gasteiger partial charge in [0.15, 0.2) is 9.84 Å². The SMILES string of the molecule is C=CS(=O)(=O)CC(C)S(=O)(=O)O. The van der Waals surface area contributed by atoms with Gasteiger partial charge in [0.1, 0.15) is 0 Å². The van der Waals surface area contributed by atoms with Gasteiger partial charge in [0.05, 0.1) is 11.0 Å². The molecule has 0 aromatic carbocycles. The summed E-state index contributed by atoms with van der Waals surface area (Å²) in [5.74, 6) is -0.644. The van der Waals surface area contributed by atoms with Crippen molar-refractivity contribution in [3.63, 3.8) is 0 Å². The molecule has 0 aliphatic rings. The maximum absolute atomic E-state index is 10.8. The van der Waals surface area contributed by atoms with Crippen molar-refractivity contribution in [1.82, 2.24) is 0 Å². The summed E-state index contributed by atoms with van der Waals surface area (Å²) in [5.41, 5.74) is 0. The molecule has 7 heteroatoms. The molecule has 0 rings (SSSR count). The molecule has 0 fully saturated rings. The maximum atomic E-state index is 10.8. The van der Waals surface area contributed by atoms with E-state index < -0.39 is 31.0 Å². The van der Waals surface area contributed by atoms with Gasteiger partial charge in [-0.1, -0.05) is 6.58 Å². The maximum Gasteiger partial charge on any atom is 0.268 e. The first kappa shape index (κ1) is 11.6. The van der Waals surface area contributed by atoms with E-state index in [-0.39, 0.29) is 0 Å². The first-order valence-electron chi connectivity index (χ1n) is 3.00. The zero-order valence-corrected chi connectivity index (χ0v) is 8.10. The Balaban J connectivity index is 4.63. The summed E-state index contributed by atoms with van der Waals surface area (Å²) in [6.07, 6.45) is 0. The fraction of sp³-hybridized carbons (Fsp3) is 0.600. The molecule has 0 aliphatic heterocycles. The minimum Gasteiger partial charge on any atom is -0.285 e. The van der Waals surface area contributed by atoms with E-state index in [1.54, 1.807) is 0 Å². The molecule has 12 heavy (non-hydrogen) atoms. The summed E-state index contributed by atoms with van der Waals surface area (Å²) in [6.45, 7) is 4.11. The molecular formula is C5H10O5S2. The lowest BCUT2D eigenvalue weighted by atomic mass is 10.6. The topological polar surface area (TPSA) is 88.5 Å². The molecule has 0 radical (unpaired) electrons. The van der Waals surface area contributed by atoms with Crippen LogP contribution in [-0.4, -0.2) is 32.4 Å². The van der Waals surface area contributed by atoms with Gasteiger partial charge in [-0.05, 0) is 6.92 Å². The van der Waals surface area contributed by atoms with E-state index in [9.17, 15) is 16.8 Å². The highest BCUT2D eigenvalue weighted by Crippen LogP contribution is 2.03. The minimum absolute atomic E-state index is 0.644. The van der Waals surface area contributed by atoms with Crippen molar-refractivity contribution in [1.29, 1.82) is 0 Å². The summed E-state index contributed by atoms with van der Waals surface area (Å²) in [7, 11) is -7.85. The van der Waals surface area contributed by atoms with Crippen LogP contribution in [0.4, 0.5) is 0 Å². The molecule has 1 N–H and O–H groups in total. The van der Waals surface area contributed by atoms with E-state index in [1.165, 1.54) is 0 Å². The molecule has 0 saturated carbocycles. The van der Waals surface area contributed by atoms with Crippen LogP contribution in [0.3, 0.4) is 0 Å². The van der Waals surface area contributed by atoms with Gasteiger partial charge < -0.3 is 0 Å². The molecule has 1 atom stereocenters. The van der Waals surface area contributed by atoms with E-state index >= 15 is 0 Å². The second kappa shape index (κ2) is 3.55. The average Bonchev–Trinajstić information content (AvgIpc) is 1.85. The predicted molar refractivity (Wildman–Crippen MR) is 45.0 cm³/mol. The van der Waals surface area contributed by atoms with Gasteiger partial charge in [-0.25, -0.2) is 8.42 Å². The van der Waals surface area contributed by atoms with Crippen molar-refractivity contribution < 1.29 is 21.4 Å². The molecule has 0 spiro atoms. The van der Waals surface area contributed by atoms with Crippen LogP contribution in [-0.2, 0) is 20.0 Å². The highest BCUT2D eigenvalue weighted by atomic mass is 32.2. The van der Waals surface area contributed by atoms with Gasteiger partial charge in [0, 0.05) is 5.41 Å². The third-order valence-corrected chi connectivity index (χ3v) is 4.10. The Morgan fingerprint density at radius 1 is 1.42 bits per heavy atom. The molecule has 1 unspecified atom stereocenters. The van der Waals surface area contributed by atoms with Crippen LogP contribution in [0.5, 0.6) is 0 Å². The Morgan fingerprint density at radius 3 is 2.08 bits per heavy atom. The second-order valence-electron chi connectivity index (χ2n) is 2.32. The predicted octanol–water partition coefficient (Wildman–Crippen LogP) is -0.179. The van der Waals surface area contributed by atoms with Gasteiger partial charge in [-0.3, -0.25) is 4.55 Å². The van der Waals surface area contributed by atoms with Crippen LogP contribution in [0.15, 0.2) is 12.0 Å². The first-order chi connectivity index (χ1) is 5.19. The van der Waals surface area contributed by atoms with Crippen molar-refractivity contribution in [3.8, 4) is 0 Å². The zero-order valence-electron chi connectivity index (χ0n) is 6.47. The van der Waals surface area contributed by atoms with Crippen molar-refractivity contribution in [2.75, 3.05) is 5.75 Å². The molecule has 0 saturated heterocycles. The van der Waals surface area contributed by atoms with Crippen molar-refractivity contribution in [2.45, 2.75) is 12.2 Å². The highest BCUT2D eigenvalue weighted by Gasteiger charge is 2.22. The monoisotopic (exact) mass is 214 g/mol. The fourth-order valence-electron chi connectivity index (χ4n) is 0.481. The van der Waals surface area contributed by atoms with Crippen molar-refractivity contribution in [3.05, 3.63) is 12.0 Å². The Bertz CT molecular complexity index is 349. The van der Waals surface area contributed by atoms with Crippen molar-refractivity contribution in [2.24, 2.45) is 0 Å². The summed E-state index contributed by atoms with van der Waals surface area (Å²) >= 11 is 0. The van der Waals surface area contributed by atoms with Crippen LogP contribution < -0.4 is 0 Å². The quantitative estimate of drug-likeness (QED) is 0.656. The molecule has 0 aromatic heterocycles. The highest BCUT2D eigenvalue weighted by molar-refractivity contribution is 7.95. The smallest absolute Gasteiger partial charge is 0.268 e. The van der Waals surface area contributed by atoms with Crippen LogP contribution in [0.25, 0.3) is 0 Å². The summed E-state index contributed by atoms with van der Waals surface area (Å²) < 4.78 is 50.7. The number of rotatable bonds is 4. The van der Waals surface area contributed by atoms with Crippen LogP contribution in [0.1, 0.15) is 6.92 Å². The van der Waals surface area contributed by atoms with Gasteiger partial charge >= 0.3 is 0 Å². The van der Waals surface area contributed by atoms with E-state index in [1.807, 2.05) is 0 Å². The van der Waals surface area contributed by atoms with Crippen molar-refractivity contribution >= 4 is 20.0 Å². The molecule has 0 heterocycles. The number of hydrogen-bond donors (Lipinski definition) is 1. The number of hydrogen-bond acceptors (Lipinski definition) is 4. The van der Waals surface area contributed by atoms with Gasteiger partial charge in [-0.2, -0.15) is 8.42 Å². The minimum atomic E-state index is -4.27. The Kier molecular flexibility index (Phi) is 3.43. The molecule has 0 amide bonds. The number of sulfone groups is 1. The normalized spacial score (nSPS) is 15.5. The largest absolute Gasteiger partial charge is 0.285 e. The summed E-state index contributed by atoms with van der Waals surface area (Å²) in [4.78, 5) is 0. The Morgan fingerprint density at radius 2 is 1.83 bits per heavy atom. The van der Waals surface area contributed by atoms with Crippen LogP contribution >= 0.6 is 0 Å². The summed E-state index contributed by atoms with van der Waals surface area (Å²) in [6, 6.07) is 0. The molecule has 0 bridgehead atoms.